The zero-order chi connectivity index (χ0) is 18.4. The maximum atomic E-state index is 12.1. The lowest BCUT2D eigenvalue weighted by Crippen LogP contribution is -2.12. The average molecular weight is 370 g/mol. The first-order valence-corrected chi connectivity index (χ1v) is 9.49. The Bertz CT molecular complexity index is 892. The quantitative estimate of drug-likeness (QED) is 0.579. The fourth-order valence-corrected chi connectivity index (χ4v) is 3.44. The number of ether oxygens (including phenoxy) is 2. The molecule has 0 fully saturated rings. The van der Waals surface area contributed by atoms with Crippen LogP contribution in [0.25, 0.3) is 10.2 Å². The van der Waals surface area contributed by atoms with Crippen LogP contribution >= 0.6 is 11.3 Å². The van der Waals surface area contributed by atoms with Crippen LogP contribution in [0.5, 0.6) is 11.5 Å². The number of hydrogen-bond donors (Lipinski definition) is 1. The second-order valence-electron chi connectivity index (χ2n) is 5.85. The number of aromatic nitrogens is 1. The number of rotatable bonds is 8. The number of anilines is 1. The van der Waals surface area contributed by atoms with Gasteiger partial charge in [-0.05, 0) is 50.1 Å². The van der Waals surface area contributed by atoms with Crippen molar-refractivity contribution in [1.29, 1.82) is 0 Å². The summed E-state index contributed by atoms with van der Waals surface area (Å²) in [5, 5.41) is 3.47. The standard InChI is InChI=1S/C20H22N2O3S/c1-3-24-15-10-11-16-18(13-15)26-20(21-16)22-19(23)9-6-12-25-17-8-5-4-7-14(17)2/h4-5,7-8,10-11,13H,3,6,9,12H2,1-2H3,(H,21,22,23). The lowest BCUT2D eigenvalue weighted by atomic mass is 10.2. The summed E-state index contributed by atoms with van der Waals surface area (Å²) in [6.45, 7) is 5.09. The maximum Gasteiger partial charge on any atom is 0.226 e. The molecule has 0 aliphatic heterocycles. The molecule has 1 amide bonds. The number of nitrogens with zero attached hydrogens (tertiary/aromatic N) is 1. The second-order valence-corrected chi connectivity index (χ2v) is 6.88. The van der Waals surface area contributed by atoms with E-state index in [1.54, 1.807) is 0 Å². The van der Waals surface area contributed by atoms with Gasteiger partial charge in [-0.3, -0.25) is 4.79 Å². The van der Waals surface area contributed by atoms with Gasteiger partial charge in [0, 0.05) is 6.42 Å². The van der Waals surface area contributed by atoms with Gasteiger partial charge in [-0.1, -0.05) is 29.5 Å². The molecular weight excluding hydrogens is 348 g/mol. The number of para-hydroxylation sites is 1. The maximum absolute atomic E-state index is 12.1. The minimum absolute atomic E-state index is 0.0533. The molecule has 1 heterocycles. The topological polar surface area (TPSA) is 60.5 Å². The van der Waals surface area contributed by atoms with Crippen molar-refractivity contribution in [3.8, 4) is 11.5 Å². The Hall–Kier alpha value is -2.60. The van der Waals surface area contributed by atoms with Crippen LogP contribution in [0, 0.1) is 6.92 Å². The largest absolute Gasteiger partial charge is 0.494 e. The molecule has 0 spiro atoms. The summed E-state index contributed by atoms with van der Waals surface area (Å²) in [4.78, 5) is 16.6. The third kappa shape index (κ3) is 4.73. The van der Waals surface area contributed by atoms with Crippen LogP contribution in [0.4, 0.5) is 5.13 Å². The van der Waals surface area contributed by atoms with Crippen LogP contribution in [0.2, 0.25) is 0 Å². The van der Waals surface area contributed by atoms with Crippen LogP contribution in [0.15, 0.2) is 42.5 Å². The van der Waals surface area contributed by atoms with Gasteiger partial charge in [0.25, 0.3) is 0 Å². The minimum Gasteiger partial charge on any atom is -0.494 e. The van der Waals surface area contributed by atoms with Crippen molar-refractivity contribution in [2.45, 2.75) is 26.7 Å². The summed E-state index contributed by atoms with van der Waals surface area (Å²) in [7, 11) is 0. The van der Waals surface area contributed by atoms with E-state index in [1.165, 1.54) is 11.3 Å². The highest BCUT2D eigenvalue weighted by Gasteiger charge is 2.09. The summed E-state index contributed by atoms with van der Waals surface area (Å²) in [5.41, 5.74) is 1.95. The van der Waals surface area contributed by atoms with E-state index < -0.39 is 0 Å². The van der Waals surface area contributed by atoms with Crippen molar-refractivity contribution in [1.82, 2.24) is 4.98 Å². The number of nitrogens with one attached hydrogen (secondary N) is 1. The Morgan fingerprint density at radius 3 is 2.85 bits per heavy atom. The monoisotopic (exact) mass is 370 g/mol. The Morgan fingerprint density at radius 1 is 1.19 bits per heavy atom. The number of fused-ring (bicyclic) bond motifs is 1. The Kier molecular flexibility index (Phi) is 6.07. The predicted molar refractivity (Wildman–Crippen MR) is 105 cm³/mol. The number of aryl methyl sites for hydroxylation is 1. The molecule has 0 atom stereocenters. The van der Waals surface area contributed by atoms with Crippen LogP contribution in [0.1, 0.15) is 25.3 Å². The van der Waals surface area contributed by atoms with Crippen molar-refractivity contribution in [3.63, 3.8) is 0 Å². The summed E-state index contributed by atoms with van der Waals surface area (Å²) < 4.78 is 12.2. The van der Waals surface area contributed by atoms with Gasteiger partial charge in [-0.15, -0.1) is 0 Å². The first-order chi connectivity index (χ1) is 12.7. The molecule has 2 aromatic carbocycles. The SMILES string of the molecule is CCOc1ccc2nc(NC(=O)CCCOc3ccccc3C)sc2c1. The van der Waals surface area contributed by atoms with Gasteiger partial charge in [0.1, 0.15) is 11.5 Å². The normalized spacial score (nSPS) is 10.7. The van der Waals surface area contributed by atoms with E-state index in [0.717, 1.165) is 27.3 Å². The van der Waals surface area contributed by atoms with Gasteiger partial charge < -0.3 is 14.8 Å². The van der Waals surface area contributed by atoms with Gasteiger partial charge in [0.15, 0.2) is 5.13 Å². The van der Waals surface area contributed by atoms with Crippen LogP contribution < -0.4 is 14.8 Å². The zero-order valence-electron chi connectivity index (χ0n) is 15.0. The van der Waals surface area contributed by atoms with Gasteiger partial charge in [0.05, 0.1) is 23.4 Å². The molecule has 0 saturated heterocycles. The van der Waals surface area contributed by atoms with E-state index in [2.05, 4.69) is 10.3 Å². The zero-order valence-corrected chi connectivity index (χ0v) is 15.8. The second kappa shape index (κ2) is 8.67. The molecule has 0 radical (unpaired) electrons. The first kappa shape index (κ1) is 18.2. The van der Waals surface area contributed by atoms with E-state index in [1.807, 2.05) is 56.3 Å². The number of thiazole rings is 1. The molecule has 1 N–H and O–H groups in total. The summed E-state index contributed by atoms with van der Waals surface area (Å²) in [6.07, 6.45) is 1.05. The Balaban J connectivity index is 1.48. The van der Waals surface area contributed by atoms with E-state index >= 15 is 0 Å². The molecule has 3 rings (SSSR count). The van der Waals surface area contributed by atoms with Crippen molar-refractivity contribution < 1.29 is 14.3 Å². The van der Waals surface area contributed by atoms with Gasteiger partial charge >= 0.3 is 0 Å². The molecule has 5 nitrogen and oxygen atoms in total. The lowest BCUT2D eigenvalue weighted by Gasteiger charge is -2.08. The number of benzene rings is 2. The highest BCUT2D eigenvalue weighted by atomic mass is 32.1. The van der Waals surface area contributed by atoms with Crippen molar-refractivity contribution in [2.75, 3.05) is 18.5 Å². The number of hydrogen-bond acceptors (Lipinski definition) is 5. The highest BCUT2D eigenvalue weighted by molar-refractivity contribution is 7.22. The molecule has 1 aromatic heterocycles. The molecule has 6 heteroatoms. The molecule has 0 aliphatic carbocycles. The molecule has 0 saturated carbocycles. The van der Waals surface area contributed by atoms with Crippen LogP contribution in [-0.2, 0) is 4.79 Å². The van der Waals surface area contributed by atoms with Crippen LogP contribution in [-0.4, -0.2) is 24.1 Å². The average Bonchev–Trinajstić information content (AvgIpc) is 3.02. The van der Waals surface area contributed by atoms with E-state index in [-0.39, 0.29) is 5.91 Å². The molecule has 0 unspecified atom stereocenters. The summed E-state index contributed by atoms with van der Waals surface area (Å²) in [6, 6.07) is 13.6. The van der Waals surface area contributed by atoms with E-state index in [4.69, 9.17) is 9.47 Å². The van der Waals surface area contributed by atoms with Crippen molar-refractivity contribution >= 4 is 32.6 Å². The van der Waals surface area contributed by atoms with E-state index in [0.29, 0.717) is 31.2 Å². The highest BCUT2D eigenvalue weighted by Crippen LogP contribution is 2.29. The molecule has 136 valence electrons. The number of carbonyl (C=O) groups is 1. The third-order valence-electron chi connectivity index (χ3n) is 3.82. The number of amides is 1. The smallest absolute Gasteiger partial charge is 0.226 e. The lowest BCUT2D eigenvalue weighted by molar-refractivity contribution is -0.116. The third-order valence-corrected chi connectivity index (χ3v) is 4.75. The van der Waals surface area contributed by atoms with Gasteiger partial charge in [0.2, 0.25) is 5.91 Å². The molecule has 26 heavy (non-hydrogen) atoms. The Morgan fingerprint density at radius 2 is 2.04 bits per heavy atom. The summed E-state index contributed by atoms with van der Waals surface area (Å²) >= 11 is 1.45. The molecule has 0 bridgehead atoms. The minimum atomic E-state index is -0.0533. The van der Waals surface area contributed by atoms with Crippen molar-refractivity contribution in [3.05, 3.63) is 48.0 Å². The van der Waals surface area contributed by atoms with E-state index in [9.17, 15) is 4.79 Å². The Labute approximate surface area is 157 Å². The fourth-order valence-electron chi connectivity index (χ4n) is 2.53. The first-order valence-electron chi connectivity index (χ1n) is 8.67. The van der Waals surface area contributed by atoms with Gasteiger partial charge in [-0.25, -0.2) is 4.98 Å². The predicted octanol–water partition coefficient (Wildman–Crippen LogP) is 4.80. The van der Waals surface area contributed by atoms with Gasteiger partial charge in [-0.2, -0.15) is 0 Å². The molecule has 3 aromatic rings. The summed E-state index contributed by atoms with van der Waals surface area (Å²) in [5.74, 6) is 1.63. The molecular formula is C20H22N2O3S. The fraction of sp³-hybridized carbons (Fsp3) is 0.300. The number of carbonyl (C=O) groups excluding carboxylic acids is 1. The van der Waals surface area contributed by atoms with Crippen LogP contribution in [0.3, 0.4) is 0 Å². The molecule has 0 aliphatic rings. The van der Waals surface area contributed by atoms with Crippen molar-refractivity contribution in [2.24, 2.45) is 0 Å².